The highest BCUT2D eigenvalue weighted by atomic mass is 16.3. The van der Waals surface area contributed by atoms with Crippen molar-refractivity contribution < 1.29 is 4.42 Å². The molecule has 0 aliphatic rings. The fourth-order valence-electron chi connectivity index (χ4n) is 7.81. The van der Waals surface area contributed by atoms with Crippen LogP contribution >= 0.6 is 0 Å². The van der Waals surface area contributed by atoms with Crippen LogP contribution in [0.5, 0.6) is 0 Å². The lowest BCUT2D eigenvalue weighted by Crippen LogP contribution is -1.92. The Kier molecular flexibility index (Phi) is 6.25. The molecule has 0 bridgehead atoms. The van der Waals surface area contributed by atoms with Crippen molar-refractivity contribution in [1.29, 1.82) is 0 Å². The second-order valence-electron chi connectivity index (χ2n) is 12.8. The van der Waals surface area contributed by atoms with E-state index >= 15 is 0 Å². The van der Waals surface area contributed by atoms with E-state index in [1.54, 1.807) is 0 Å². The fourth-order valence-corrected chi connectivity index (χ4v) is 7.81. The molecule has 10 aromatic rings. The summed E-state index contributed by atoms with van der Waals surface area (Å²) in [4.78, 5) is 0. The van der Waals surface area contributed by atoms with Crippen LogP contribution in [0.4, 0.5) is 0 Å². The predicted octanol–water partition coefficient (Wildman–Crippen LogP) is 13.7. The van der Waals surface area contributed by atoms with Crippen molar-refractivity contribution in [2.45, 2.75) is 0 Å². The van der Waals surface area contributed by atoms with Gasteiger partial charge >= 0.3 is 0 Å². The summed E-state index contributed by atoms with van der Waals surface area (Å²) in [7, 11) is 0. The molecule has 0 amide bonds. The van der Waals surface area contributed by atoms with Crippen molar-refractivity contribution in [1.82, 2.24) is 0 Å². The van der Waals surface area contributed by atoms with Crippen molar-refractivity contribution in [2.24, 2.45) is 0 Å². The minimum absolute atomic E-state index is 0.908. The van der Waals surface area contributed by atoms with Crippen molar-refractivity contribution in [3.05, 3.63) is 182 Å². The van der Waals surface area contributed by atoms with Crippen molar-refractivity contribution >= 4 is 54.3 Å². The molecule has 0 unspecified atom stereocenters. The molecule has 9 aromatic carbocycles. The zero-order chi connectivity index (χ0) is 32.3. The molecular weight excluding hydrogens is 593 g/mol. The van der Waals surface area contributed by atoms with E-state index in [0.29, 0.717) is 0 Å². The van der Waals surface area contributed by atoms with Crippen molar-refractivity contribution in [2.75, 3.05) is 0 Å². The van der Waals surface area contributed by atoms with E-state index in [4.69, 9.17) is 4.42 Å². The van der Waals surface area contributed by atoms with Gasteiger partial charge in [-0.05, 0) is 107 Å². The molecule has 49 heavy (non-hydrogen) atoms. The van der Waals surface area contributed by atoms with Crippen LogP contribution < -0.4 is 0 Å². The summed E-state index contributed by atoms with van der Waals surface area (Å²) in [5.74, 6) is 0. The van der Waals surface area contributed by atoms with Gasteiger partial charge in [0.15, 0.2) is 0 Å². The van der Waals surface area contributed by atoms with Gasteiger partial charge in [-0.1, -0.05) is 152 Å². The number of benzene rings is 9. The SMILES string of the molecule is c1ccc(-c2cccc(-c3c4ccccc4c(-c4ccc5oc6ccccc6c5c4)c4ccc(-c5cccc6ccccc56)cc34)c2)cc1. The second kappa shape index (κ2) is 11.1. The molecule has 1 aromatic heterocycles. The van der Waals surface area contributed by atoms with E-state index in [1.165, 1.54) is 76.8 Å². The van der Waals surface area contributed by atoms with Crippen molar-refractivity contribution in [3.8, 4) is 44.5 Å². The van der Waals surface area contributed by atoms with E-state index in [0.717, 1.165) is 21.9 Å². The lowest BCUT2D eigenvalue weighted by molar-refractivity contribution is 0.669. The molecule has 1 nitrogen and oxygen atoms in total. The van der Waals surface area contributed by atoms with Gasteiger partial charge in [0, 0.05) is 10.8 Å². The summed E-state index contributed by atoms with van der Waals surface area (Å²) in [5.41, 5.74) is 11.6. The molecule has 0 spiro atoms. The van der Waals surface area contributed by atoms with Crippen LogP contribution in [0.2, 0.25) is 0 Å². The maximum absolute atomic E-state index is 6.24. The number of para-hydroxylation sites is 1. The topological polar surface area (TPSA) is 13.1 Å². The third kappa shape index (κ3) is 4.47. The van der Waals surface area contributed by atoms with Crippen LogP contribution in [0.25, 0.3) is 98.8 Å². The lowest BCUT2D eigenvalue weighted by atomic mass is 9.84. The first-order valence-corrected chi connectivity index (χ1v) is 16.8. The molecule has 0 fully saturated rings. The third-order valence-corrected chi connectivity index (χ3v) is 10.0. The highest BCUT2D eigenvalue weighted by Gasteiger charge is 2.19. The predicted molar refractivity (Wildman–Crippen MR) is 208 cm³/mol. The normalized spacial score (nSPS) is 11.7. The van der Waals surface area contributed by atoms with Crippen LogP contribution in [0.3, 0.4) is 0 Å². The van der Waals surface area contributed by atoms with E-state index in [9.17, 15) is 0 Å². The van der Waals surface area contributed by atoms with Crippen LogP contribution in [0, 0.1) is 0 Å². The van der Waals surface area contributed by atoms with E-state index in [1.807, 2.05) is 12.1 Å². The molecule has 0 radical (unpaired) electrons. The fraction of sp³-hybridized carbons (Fsp3) is 0. The van der Waals surface area contributed by atoms with Crippen LogP contribution in [0.15, 0.2) is 186 Å². The van der Waals surface area contributed by atoms with Gasteiger partial charge in [-0.25, -0.2) is 0 Å². The average molecular weight is 623 g/mol. The largest absolute Gasteiger partial charge is 0.456 e. The van der Waals surface area contributed by atoms with Gasteiger partial charge in [0.1, 0.15) is 11.2 Å². The van der Waals surface area contributed by atoms with Crippen LogP contribution in [0.1, 0.15) is 0 Å². The van der Waals surface area contributed by atoms with Gasteiger partial charge in [0.25, 0.3) is 0 Å². The first-order valence-electron chi connectivity index (χ1n) is 16.8. The quantitative estimate of drug-likeness (QED) is 0.178. The monoisotopic (exact) mass is 622 g/mol. The second-order valence-corrected chi connectivity index (χ2v) is 12.8. The van der Waals surface area contributed by atoms with Gasteiger partial charge in [0.2, 0.25) is 0 Å². The Morgan fingerprint density at radius 1 is 0.265 bits per heavy atom. The molecule has 0 atom stereocenters. The standard InChI is InChI=1S/C48H30O/c1-2-12-31(13-3-1)33-16-10-17-35(28-33)48-41-21-7-6-20-40(41)47(36-25-27-46-43(30-36)39-19-8-9-23-45(39)49-46)42-26-24-34(29-44(42)48)38-22-11-15-32-14-4-5-18-37(32)38/h1-30H. The smallest absolute Gasteiger partial charge is 0.135 e. The van der Waals surface area contributed by atoms with Gasteiger partial charge in [0.05, 0.1) is 0 Å². The molecule has 1 heteroatoms. The molecule has 0 N–H and O–H groups in total. The summed E-state index contributed by atoms with van der Waals surface area (Å²) in [6, 6.07) is 65.9. The third-order valence-electron chi connectivity index (χ3n) is 10.0. The number of fused-ring (bicyclic) bond motifs is 6. The molecule has 1 heterocycles. The Bertz CT molecular complexity index is 2870. The number of rotatable bonds is 4. The molecular formula is C48H30O. The van der Waals surface area contributed by atoms with Crippen molar-refractivity contribution in [3.63, 3.8) is 0 Å². The van der Waals surface area contributed by atoms with Gasteiger partial charge < -0.3 is 4.42 Å². The summed E-state index contributed by atoms with van der Waals surface area (Å²) in [5, 5.41) is 9.72. The van der Waals surface area contributed by atoms with Crippen LogP contribution in [-0.4, -0.2) is 0 Å². The molecule has 0 aliphatic heterocycles. The van der Waals surface area contributed by atoms with E-state index in [2.05, 4.69) is 170 Å². The Morgan fingerprint density at radius 2 is 0.816 bits per heavy atom. The van der Waals surface area contributed by atoms with Gasteiger partial charge in [-0.3, -0.25) is 0 Å². The summed E-state index contributed by atoms with van der Waals surface area (Å²) < 4.78 is 6.24. The maximum Gasteiger partial charge on any atom is 0.135 e. The molecule has 0 saturated heterocycles. The molecule has 0 aliphatic carbocycles. The van der Waals surface area contributed by atoms with Gasteiger partial charge in [-0.15, -0.1) is 0 Å². The molecule has 10 rings (SSSR count). The van der Waals surface area contributed by atoms with Gasteiger partial charge in [-0.2, -0.15) is 0 Å². The Balaban J connectivity index is 1.31. The lowest BCUT2D eigenvalue weighted by Gasteiger charge is -2.19. The molecule has 0 saturated carbocycles. The van der Waals surface area contributed by atoms with E-state index in [-0.39, 0.29) is 0 Å². The zero-order valence-electron chi connectivity index (χ0n) is 26.7. The number of hydrogen-bond acceptors (Lipinski definition) is 1. The van der Waals surface area contributed by atoms with Crippen LogP contribution in [-0.2, 0) is 0 Å². The van der Waals surface area contributed by atoms with E-state index < -0.39 is 0 Å². The number of furan rings is 1. The first kappa shape index (κ1) is 27.7. The maximum atomic E-state index is 6.24. The Labute approximate surface area is 284 Å². The summed E-state index contributed by atoms with van der Waals surface area (Å²) in [6.07, 6.45) is 0. The highest BCUT2D eigenvalue weighted by Crippen LogP contribution is 2.46. The Morgan fingerprint density at radius 3 is 1.67 bits per heavy atom. The Hall–Kier alpha value is -6.44. The summed E-state index contributed by atoms with van der Waals surface area (Å²) >= 11 is 0. The first-order chi connectivity index (χ1) is 24.3. The average Bonchev–Trinajstić information content (AvgIpc) is 3.55. The number of hydrogen-bond donors (Lipinski definition) is 0. The molecule has 228 valence electrons. The minimum Gasteiger partial charge on any atom is -0.456 e. The zero-order valence-corrected chi connectivity index (χ0v) is 26.7. The highest BCUT2D eigenvalue weighted by molar-refractivity contribution is 6.23. The minimum atomic E-state index is 0.908. The summed E-state index contributed by atoms with van der Waals surface area (Å²) in [6.45, 7) is 0.